The Hall–Kier alpha value is -3.75. The maximum atomic E-state index is 12.1. The molecule has 1 aliphatic heterocycles. The van der Waals surface area contributed by atoms with E-state index >= 15 is 0 Å². The van der Waals surface area contributed by atoms with E-state index in [1.54, 1.807) is 19.4 Å². The predicted octanol–water partition coefficient (Wildman–Crippen LogP) is 1.21. The van der Waals surface area contributed by atoms with Crippen molar-refractivity contribution in [2.75, 3.05) is 23.7 Å². The number of anilines is 2. The van der Waals surface area contributed by atoms with Crippen LogP contribution in [0.25, 0.3) is 11.3 Å². The number of hydrogen-bond acceptors (Lipinski definition) is 6. The topological polar surface area (TPSA) is 114 Å². The van der Waals surface area contributed by atoms with Crippen LogP contribution in [-0.4, -0.2) is 44.7 Å². The molecule has 0 atom stereocenters. The lowest BCUT2D eigenvalue weighted by molar-refractivity contribution is -0.115. The van der Waals surface area contributed by atoms with Crippen molar-refractivity contribution in [1.82, 2.24) is 25.1 Å². The summed E-state index contributed by atoms with van der Waals surface area (Å²) in [6, 6.07) is 9.03. The van der Waals surface area contributed by atoms with Gasteiger partial charge in [0.2, 0.25) is 5.91 Å². The molecule has 3 heterocycles. The average molecular weight is 377 g/mol. The highest BCUT2D eigenvalue weighted by atomic mass is 16.2. The van der Waals surface area contributed by atoms with E-state index in [0.29, 0.717) is 11.4 Å². The molecule has 2 amide bonds. The normalized spacial score (nSPS) is 12.2. The van der Waals surface area contributed by atoms with Crippen LogP contribution >= 0.6 is 0 Å². The number of carbonyl (C=O) groups is 2. The van der Waals surface area contributed by atoms with Gasteiger partial charge in [0.15, 0.2) is 0 Å². The van der Waals surface area contributed by atoms with E-state index in [9.17, 15) is 9.59 Å². The first-order chi connectivity index (χ1) is 13.6. The van der Waals surface area contributed by atoms with Crippen LogP contribution in [0.3, 0.4) is 0 Å². The van der Waals surface area contributed by atoms with Gasteiger partial charge in [-0.05, 0) is 24.6 Å². The SMILES string of the molecule is Cn1nccc1C(=O)NCC(=O)Nc1ccc(-c2ncnc3c2CCN3)cc1. The second-order valence-corrected chi connectivity index (χ2v) is 6.37. The molecule has 1 aromatic carbocycles. The van der Waals surface area contributed by atoms with Crippen molar-refractivity contribution in [3.63, 3.8) is 0 Å². The van der Waals surface area contributed by atoms with Crippen LogP contribution in [0.4, 0.5) is 11.5 Å². The number of nitrogens with zero attached hydrogens (tertiary/aromatic N) is 4. The van der Waals surface area contributed by atoms with Crippen molar-refractivity contribution >= 4 is 23.3 Å². The highest BCUT2D eigenvalue weighted by Gasteiger charge is 2.17. The van der Waals surface area contributed by atoms with Gasteiger partial charge >= 0.3 is 0 Å². The van der Waals surface area contributed by atoms with Crippen molar-refractivity contribution < 1.29 is 9.59 Å². The van der Waals surface area contributed by atoms with Crippen LogP contribution in [0.2, 0.25) is 0 Å². The molecule has 9 heteroatoms. The molecule has 3 N–H and O–H groups in total. The lowest BCUT2D eigenvalue weighted by Gasteiger charge is -2.09. The summed E-state index contributed by atoms with van der Waals surface area (Å²) >= 11 is 0. The Kier molecular flexibility index (Phi) is 4.71. The molecule has 1 aliphatic rings. The van der Waals surface area contributed by atoms with Crippen LogP contribution in [0.15, 0.2) is 42.9 Å². The third kappa shape index (κ3) is 3.54. The highest BCUT2D eigenvalue weighted by Crippen LogP contribution is 2.29. The van der Waals surface area contributed by atoms with E-state index in [-0.39, 0.29) is 18.4 Å². The minimum absolute atomic E-state index is 0.128. The zero-order valence-electron chi connectivity index (χ0n) is 15.3. The maximum absolute atomic E-state index is 12.1. The first kappa shape index (κ1) is 17.7. The quantitative estimate of drug-likeness (QED) is 0.616. The fourth-order valence-electron chi connectivity index (χ4n) is 3.12. The molecule has 28 heavy (non-hydrogen) atoms. The summed E-state index contributed by atoms with van der Waals surface area (Å²) in [4.78, 5) is 32.8. The molecule has 2 aromatic heterocycles. The van der Waals surface area contributed by atoms with Gasteiger partial charge in [-0.1, -0.05) is 12.1 Å². The molecule has 0 aliphatic carbocycles. The van der Waals surface area contributed by atoms with E-state index in [0.717, 1.165) is 35.6 Å². The van der Waals surface area contributed by atoms with Gasteiger partial charge < -0.3 is 16.0 Å². The molecule has 142 valence electrons. The molecule has 0 spiro atoms. The van der Waals surface area contributed by atoms with Gasteiger partial charge in [-0.15, -0.1) is 0 Å². The Bertz CT molecular complexity index is 1030. The van der Waals surface area contributed by atoms with Crippen molar-refractivity contribution in [3.8, 4) is 11.3 Å². The average Bonchev–Trinajstić information content (AvgIpc) is 3.35. The minimum atomic E-state index is -0.350. The third-order valence-electron chi connectivity index (χ3n) is 4.52. The van der Waals surface area contributed by atoms with Crippen LogP contribution < -0.4 is 16.0 Å². The largest absolute Gasteiger partial charge is 0.369 e. The number of hydrogen-bond donors (Lipinski definition) is 3. The smallest absolute Gasteiger partial charge is 0.269 e. The summed E-state index contributed by atoms with van der Waals surface area (Å²) in [7, 11) is 1.67. The summed E-state index contributed by atoms with van der Waals surface area (Å²) in [6.45, 7) is 0.733. The molecule has 3 aromatic rings. The number of rotatable bonds is 5. The van der Waals surface area contributed by atoms with Gasteiger partial charge in [-0.3, -0.25) is 14.3 Å². The van der Waals surface area contributed by atoms with Crippen LogP contribution in [0, 0.1) is 0 Å². The monoisotopic (exact) mass is 377 g/mol. The third-order valence-corrected chi connectivity index (χ3v) is 4.52. The first-order valence-electron chi connectivity index (χ1n) is 8.86. The molecule has 0 bridgehead atoms. The molecule has 0 saturated heterocycles. The van der Waals surface area contributed by atoms with Gasteiger partial charge in [0.25, 0.3) is 5.91 Å². The lowest BCUT2D eigenvalue weighted by atomic mass is 10.1. The summed E-state index contributed by atoms with van der Waals surface area (Å²) in [5.41, 5.74) is 4.01. The summed E-state index contributed by atoms with van der Waals surface area (Å²) in [6.07, 6.45) is 3.97. The van der Waals surface area contributed by atoms with Crippen molar-refractivity contribution in [3.05, 3.63) is 54.1 Å². The van der Waals surface area contributed by atoms with Gasteiger partial charge in [0.05, 0.1) is 12.2 Å². The summed E-state index contributed by atoms with van der Waals surface area (Å²) in [5, 5.41) is 12.5. The second-order valence-electron chi connectivity index (χ2n) is 6.37. The number of aryl methyl sites for hydroxylation is 1. The Morgan fingerprint density at radius 2 is 2.00 bits per heavy atom. The molecular weight excluding hydrogens is 358 g/mol. The van der Waals surface area contributed by atoms with Gasteiger partial charge in [0.1, 0.15) is 17.8 Å². The predicted molar refractivity (Wildman–Crippen MR) is 104 cm³/mol. The van der Waals surface area contributed by atoms with Crippen molar-refractivity contribution in [2.24, 2.45) is 7.05 Å². The Labute approximate surface area is 161 Å². The molecule has 0 radical (unpaired) electrons. The van der Waals surface area contributed by atoms with E-state index in [4.69, 9.17) is 0 Å². The van der Waals surface area contributed by atoms with Gasteiger partial charge in [0, 0.05) is 36.6 Å². The maximum Gasteiger partial charge on any atom is 0.269 e. The van der Waals surface area contributed by atoms with E-state index in [1.165, 1.54) is 10.9 Å². The fourth-order valence-corrected chi connectivity index (χ4v) is 3.12. The second kappa shape index (κ2) is 7.47. The fraction of sp³-hybridized carbons (Fsp3) is 0.211. The van der Waals surface area contributed by atoms with Gasteiger partial charge in [-0.2, -0.15) is 5.10 Å². The minimum Gasteiger partial charge on any atom is -0.369 e. The zero-order chi connectivity index (χ0) is 19.5. The van der Waals surface area contributed by atoms with Crippen molar-refractivity contribution in [1.29, 1.82) is 0 Å². The standard InChI is InChI=1S/C19H19N7O2/c1-26-15(7-9-24-26)19(28)21-10-16(27)25-13-4-2-12(3-5-13)17-14-6-8-20-18(14)23-11-22-17/h2-5,7,9,11H,6,8,10H2,1H3,(H,21,28)(H,25,27)(H,20,22,23). The molecule has 0 fully saturated rings. The highest BCUT2D eigenvalue weighted by molar-refractivity contribution is 5.98. The Morgan fingerprint density at radius 3 is 2.75 bits per heavy atom. The molecule has 0 saturated carbocycles. The number of carbonyl (C=O) groups excluding carboxylic acids is 2. The summed E-state index contributed by atoms with van der Waals surface area (Å²) in [5.74, 6) is 0.221. The number of benzene rings is 1. The molecule has 4 rings (SSSR count). The van der Waals surface area contributed by atoms with Crippen LogP contribution in [0.5, 0.6) is 0 Å². The Balaban J connectivity index is 1.37. The number of fused-ring (bicyclic) bond motifs is 1. The lowest BCUT2D eigenvalue weighted by Crippen LogP contribution is -2.33. The van der Waals surface area contributed by atoms with Crippen LogP contribution in [-0.2, 0) is 18.3 Å². The molecule has 9 nitrogen and oxygen atoms in total. The molecule has 0 unspecified atom stereocenters. The number of nitrogens with one attached hydrogen (secondary N) is 3. The summed E-state index contributed by atoms with van der Waals surface area (Å²) < 4.78 is 1.45. The number of aromatic nitrogens is 4. The number of amides is 2. The molecular formula is C19H19N7O2. The van der Waals surface area contributed by atoms with Crippen LogP contribution in [0.1, 0.15) is 16.1 Å². The van der Waals surface area contributed by atoms with E-state index < -0.39 is 0 Å². The van der Waals surface area contributed by atoms with E-state index in [1.807, 2.05) is 24.3 Å². The first-order valence-corrected chi connectivity index (χ1v) is 8.86. The zero-order valence-corrected chi connectivity index (χ0v) is 15.3. The van der Waals surface area contributed by atoms with Crippen molar-refractivity contribution in [2.45, 2.75) is 6.42 Å². The Morgan fingerprint density at radius 1 is 1.18 bits per heavy atom. The van der Waals surface area contributed by atoms with Gasteiger partial charge in [-0.25, -0.2) is 9.97 Å². The van der Waals surface area contributed by atoms with E-state index in [2.05, 4.69) is 31.0 Å².